The molecule has 1 atom stereocenters. The summed E-state index contributed by atoms with van der Waals surface area (Å²) in [5.74, 6) is -2.89. The first-order valence-corrected chi connectivity index (χ1v) is 6.98. The molecule has 0 spiro atoms. The van der Waals surface area contributed by atoms with Crippen LogP contribution >= 0.6 is 0 Å². The molecule has 0 aromatic heterocycles. The predicted octanol–water partition coefficient (Wildman–Crippen LogP) is 0.135. The predicted molar refractivity (Wildman–Crippen MR) is 81.8 cm³/mol. The van der Waals surface area contributed by atoms with Gasteiger partial charge in [0.05, 0.1) is 24.0 Å². The molecule has 0 aromatic rings. The Bertz CT molecular complexity index is 437. The zero-order valence-electron chi connectivity index (χ0n) is 14.5. The Morgan fingerprint density at radius 2 is 1.13 bits per heavy atom. The van der Waals surface area contributed by atoms with E-state index in [-0.39, 0.29) is 6.61 Å². The highest BCUT2D eigenvalue weighted by molar-refractivity contribution is 5.93. The molecule has 0 aliphatic rings. The van der Waals surface area contributed by atoms with E-state index in [1.807, 2.05) is 0 Å². The Kier molecular flexibility index (Phi) is 8.65. The highest BCUT2D eigenvalue weighted by atomic mass is 16.4. The van der Waals surface area contributed by atoms with E-state index in [4.69, 9.17) is 20.4 Å². The molecular formula is C15H28O8. The molecule has 0 bridgehead atoms. The van der Waals surface area contributed by atoms with Crippen molar-refractivity contribution < 1.29 is 39.9 Å². The van der Waals surface area contributed by atoms with Gasteiger partial charge in [-0.2, -0.15) is 0 Å². The largest absolute Gasteiger partial charge is 0.481 e. The molecule has 23 heavy (non-hydrogen) atoms. The number of ketones is 1. The third-order valence-electron chi connectivity index (χ3n) is 3.52. The molecule has 0 aliphatic heterocycles. The number of carboxylic acid groups (broad SMARTS) is 2. The van der Waals surface area contributed by atoms with Crippen molar-refractivity contribution in [1.29, 1.82) is 0 Å². The van der Waals surface area contributed by atoms with Crippen LogP contribution in [0.5, 0.6) is 0 Å². The van der Waals surface area contributed by atoms with Crippen molar-refractivity contribution in [1.82, 2.24) is 0 Å². The molecule has 0 rings (SSSR count). The summed E-state index contributed by atoms with van der Waals surface area (Å²) in [5.41, 5.74) is -3.67. The number of hydrogen-bond donors (Lipinski definition) is 5. The lowest BCUT2D eigenvalue weighted by atomic mass is 9.76. The van der Waals surface area contributed by atoms with Crippen molar-refractivity contribution >= 4 is 17.7 Å². The molecule has 8 heteroatoms. The van der Waals surface area contributed by atoms with Crippen molar-refractivity contribution in [2.45, 2.75) is 47.6 Å². The standard InChI is InChI=1S/C10H18O5.C5H10O3/c1-9(2,5-11)6(12)7(13)10(3,4)8(14)15;1-5(2,3-6)4(7)8/h7,11,13H,5H2,1-4H3,(H,14,15);6H,3H2,1-2H3,(H,7,8). The first kappa shape index (κ1) is 23.8. The molecule has 136 valence electrons. The van der Waals surface area contributed by atoms with E-state index in [0.717, 1.165) is 0 Å². The highest BCUT2D eigenvalue weighted by Crippen LogP contribution is 2.28. The zero-order valence-corrected chi connectivity index (χ0v) is 14.5. The summed E-state index contributed by atoms with van der Waals surface area (Å²) in [6, 6.07) is 0. The molecule has 0 fully saturated rings. The van der Waals surface area contributed by atoms with Crippen LogP contribution in [0.15, 0.2) is 0 Å². The van der Waals surface area contributed by atoms with Gasteiger partial charge in [0.25, 0.3) is 0 Å². The number of aliphatic hydroxyl groups is 3. The van der Waals surface area contributed by atoms with E-state index in [2.05, 4.69) is 0 Å². The highest BCUT2D eigenvalue weighted by Gasteiger charge is 2.45. The first-order valence-electron chi connectivity index (χ1n) is 6.98. The van der Waals surface area contributed by atoms with Gasteiger partial charge in [0.1, 0.15) is 6.10 Å². The minimum absolute atomic E-state index is 0.317. The number of aliphatic carboxylic acids is 2. The second-order valence-electron chi connectivity index (χ2n) is 7.18. The van der Waals surface area contributed by atoms with E-state index in [9.17, 15) is 19.5 Å². The fourth-order valence-corrected chi connectivity index (χ4v) is 0.960. The van der Waals surface area contributed by atoms with Gasteiger partial charge in [0.15, 0.2) is 5.78 Å². The van der Waals surface area contributed by atoms with Crippen LogP contribution in [0.1, 0.15) is 41.5 Å². The van der Waals surface area contributed by atoms with E-state index >= 15 is 0 Å². The van der Waals surface area contributed by atoms with Crippen molar-refractivity contribution in [2.75, 3.05) is 13.2 Å². The minimum atomic E-state index is -1.63. The van der Waals surface area contributed by atoms with E-state index in [1.54, 1.807) is 0 Å². The van der Waals surface area contributed by atoms with Gasteiger partial charge in [-0.25, -0.2) is 0 Å². The summed E-state index contributed by atoms with van der Waals surface area (Å²) >= 11 is 0. The molecule has 1 unspecified atom stereocenters. The summed E-state index contributed by atoms with van der Waals surface area (Å²) < 4.78 is 0. The third-order valence-corrected chi connectivity index (χ3v) is 3.52. The number of Topliss-reactive ketones (excluding diaryl/α,β-unsaturated/α-hetero) is 1. The van der Waals surface area contributed by atoms with Gasteiger partial charge < -0.3 is 25.5 Å². The van der Waals surface area contributed by atoms with Crippen molar-refractivity contribution in [3.05, 3.63) is 0 Å². The third kappa shape index (κ3) is 6.64. The summed E-state index contributed by atoms with van der Waals surface area (Å²) in [6.07, 6.45) is -1.63. The maximum atomic E-state index is 11.7. The van der Waals surface area contributed by atoms with Crippen LogP contribution in [0.2, 0.25) is 0 Å². The lowest BCUT2D eigenvalue weighted by molar-refractivity contribution is -0.162. The van der Waals surface area contributed by atoms with Crippen LogP contribution in [0.25, 0.3) is 0 Å². The second kappa shape index (κ2) is 8.37. The average Bonchev–Trinajstić information content (AvgIpc) is 2.45. The first-order chi connectivity index (χ1) is 10.1. The van der Waals surface area contributed by atoms with Crippen LogP contribution in [0, 0.1) is 16.2 Å². The van der Waals surface area contributed by atoms with Gasteiger partial charge in [-0.15, -0.1) is 0 Å². The summed E-state index contributed by atoms with van der Waals surface area (Å²) in [6.45, 7) is 7.63. The number of carboxylic acids is 2. The van der Waals surface area contributed by atoms with Gasteiger partial charge in [-0.3, -0.25) is 14.4 Å². The second-order valence-corrected chi connectivity index (χ2v) is 7.18. The molecule has 5 N–H and O–H groups in total. The monoisotopic (exact) mass is 336 g/mol. The van der Waals surface area contributed by atoms with Gasteiger partial charge >= 0.3 is 11.9 Å². The lowest BCUT2D eigenvalue weighted by Crippen LogP contribution is -2.48. The summed E-state index contributed by atoms with van der Waals surface area (Å²) in [7, 11) is 0. The van der Waals surface area contributed by atoms with E-state index in [1.165, 1.54) is 41.5 Å². The Morgan fingerprint density at radius 3 is 1.30 bits per heavy atom. The van der Waals surface area contributed by atoms with Crippen LogP contribution in [-0.4, -0.2) is 62.6 Å². The zero-order chi connectivity index (χ0) is 19.2. The topological polar surface area (TPSA) is 152 Å². The number of carbonyl (C=O) groups is 3. The van der Waals surface area contributed by atoms with Gasteiger partial charge in [0.2, 0.25) is 0 Å². The minimum Gasteiger partial charge on any atom is -0.481 e. The van der Waals surface area contributed by atoms with E-state index in [0.29, 0.717) is 0 Å². The van der Waals surface area contributed by atoms with Crippen LogP contribution in [0.4, 0.5) is 0 Å². The van der Waals surface area contributed by atoms with Crippen LogP contribution < -0.4 is 0 Å². The Morgan fingerprint density at radius 1 is 0.783 bits per heavy atom. The maximum Gasteiger partial charge on any atom is 0.312 e. The van der Waals surface area contributed by atoms with Crippen molar-refractivity contribution in [3.63, 3.8) is 0 Å². The molecule has 0 aliphatic carbocycles. The summed E-state index contributed by atoms with van der Waals surface area (Å²) in [4.78, 5) is 32.6. The molecule has 0 saturated carbocycles. The number of hydrogen-bond acceptors (Lipinski definition) is 6. The van der Waals surface area contributed by atoms with Gasteiger partial charge in [-0.1, -0.05) is 13.8 Å². The quantitative estimate of drug-likeness (QED) is 0.440. The maximum absolute atomic E-state index is 11.7. The number of rotatable bonds is 7. The van der Waals surface area contributed by atoms with Gasteiger partial charge in [0, 0.05) is 5.41 Å². The normalized spacial score (nSPS) is 13.6. The molecule has 0 amide bonds. The Balaban J connectivity index is 0. The summed E-state index contributed by atoms with van der Waals surface area (Å²) in [5, 5.41) is 44.1. The number of aliphatic hydroxyl groups excluding tert-OH is 3. The van der Waals surface area contributed by atoms with Crippen LogP contribution in [-0.2, 0) is 14.4 Å². The number of carbonyl (C=O) groups excluding carboxylic acids is 1. The molecule has 0 radical (unpaired) electrons. The smallest absolute Gasteiger partial charge is 0.312 e. The SMILES string of the molecule is CC(C)(CO)C(=O)C(O)C(C)(C)C(=O)O.CC(C)(CO)C(=O)O. The fourth-order valence-electron chi connectivity index (χ4n) is 0.960. The van der Waals surface area contributed by atoms with Crippen molar-refractivity contribution in [3.8, 4) is 0 Å². The molecule has 0 saturated heterocycles. The molecule has 8 nitrogen and oxygen atoms in total. The fraction of sp³-hybridized carbons (Fsp3) is 0.800. The Labute approximate surface area is 135 Å². The lowest BCUT2D eigenvalue weighted by Gasteiger charge is -2.30. The van der Waals surface area contributed by atoms with Gasteiger partial charge in [-0.05, 0) is 27.7 Å². The Hall–Kier alpha value is -1.51. The van der Waals surface area contributed by atoms with Crippen LogP contribution in [0.3, 0.4) is 0 Å². The molecule has 0 heterocycles. The molecule has 0 aromatic carbocycles. The van der Waals surface area contributed by atoms with E-state index < -0.39 is 46.7 Å². The van der Waals surface area contributed by atoms with Crippen molar-refractivity contribution in [2.24, 2.45) is 16.2 Å². The molecular weight excluding hydrogens is 308 g/mol. The average molecular weight is 336 g/mol.